The van der Waals surface area contributed by atoms with E-state index in [1.165, 1.54) is 18.2 Å². The lowest BCUT2D eigenvalue weighted by molar-refractivity contribution is -0.118. The van der Waals surface area contributed by atoms with E-state index in [2.05, 4.69) is 56.6 Å². The van der Waals surface area contributed by atoms with Crippen LogP contribution in [0, 0.1) is 34.9 Å². The van der Waals surface area contributed by atoms with Crippen LogP contribution in [-0.4, -0.2) is 158 Å². The van der Waals surface area contributed by atoms with Crippen molar-refractivity contribution in [3.05, 3.63) is 166 Å². The summed E-state index contributed by atoms with van der Waals surface area (Å²) in [7, 11) is 0. The van der Waals surface area contributed by atoms with Gasteiger partial charge in [0.2, 0.25) is 11.8 Å². The monoisotopic (exact) mass is 1270 g/mol. The molecule has 0 bridgehead atoms. The summed E-state index contributed by atoms with van der Waals surface area (Å²) >= 11 is 0. The first kappa shape index (κ1) is 67.6. The summed E-state index contributed by atoms with van der Waals surface area (Å²) in [5.41, 5.74) is 4.96. The zero-order valence-corrected chi connectivity index (χ0v) is 50.6. The fraction of sp³-hybridized carbons (Fsp3) is 0.375. The molecule has 2 atom stereocenters. The minimum Gasteiger partial charge on any atom is -0.478 e. The van der Waals surface area contributed by atoms with Gasteiger partial charge in [-0.3, -0.25) is 28.9 Å². The number of carboxylic acids is 1. The van der Waals surface area contributed by atoms with Gasteiger partial charge in [0.15, 0.2) is 34.9 Å². The van der Waals surface area contributed by atoms with Crippen LogP contribution in [0.2, 0.25) is 0 Å². The maximum Gasteiger partial charge on any atom is 0.335 e. The average molecular weight is 1270 g/mol. The summed E-state index contributed by atoms with van der Waals surface area (Å²) in [5.74, 6) is -5.22. The predicted octanol–water partition coefficient (Wildman–Crippen LogP) is 7.07. The normalized spacial score (nSPS) is 17.0. The molecule has 5 amide bonds. The van der Waals surface area contributed by atoms with Crippen molar-refractivity contribution in [1.29, 1.82) is 0 Å². The van der Waals surface area contributed by atoms with Crippen LogP contribution in [0.3, 0.4) is 0 Å². The fourth-order valence-corrected chi connectivity index (χ4v) is 11.0. The van der Waals surface area contributed by atoms with E-state index in [0.717, 1.165) is 143 Å². The van der Waals surface area contributed by atoms with Crippen LogP contribution in [0.4, 0.5) is 60.7 Å². The Labute approximate surface area is 522 Å². The van der Waals surface area contributed by atoms with Gasteiger partial charge >= 0.3 is 5.97 Å². The molecule has 484 valence electrons. The summed E-state index contributed by atoms with van der Waals surface area (Å²) < 4.78 is 78.2. The third kappa shape index (κ3) is 17.3. The van der Waals surface area contributed by atoms with E-state index in [-0.39, 0.29) is 65.1 Å². The number of aromatic carboxylic acids is 1. The number of nitrogens with one attached hydrogen (secondary N) is 6. The van der Waals surface area contributed by atoms with Gasteiger partial charge in [0, 0.05) is 121 Å². The molecule has 0 spiro atoms. The maximum absolute atomic E-state index is 14.7. The Morgan fingerprint density at radius 1 is 0.516 bits per heavy atom. The van der Waals surface area contributed by atoms with Crippen LogP contribution < -0.4 is 51.5 Å². The molecule has 21 nitrogen and oxygen atoms in total. The average Bonchev–Trinajstić information content (AvgIpc) is 1.81. The number of aliphatic hydroxyl groups is 1. The third-order valence-corrected chi connectivity index (χ3v) is 15.6. The van der Waals surface area contributed by atoms with E-state index in [0.29, 0.717) is 61.3 Å². The smallest absolute Gasteiger partial charge is 0.335 e. The van der Waals surface area contributed by atoms with Gasteiger partial charge in [-0.25, -0.2) is 41.1 Å². The molecule has 4 saturated heterocycles. The molecule has 0 aliphatic carbocycles. The number of halogens is 6. The number of carboxylic acid groups (broad SMARTS) is 1. The Morgan fingerprint density at radius 2 is 0.923 bits per heavy atom. The van der Waals surface area contributed by atoms with Gasteiger partial charge < -0.3 is 61.7 Å². The molecule has 12 rings (SSSR count). The quantitative estimate of drug-likeness (QED) is 0.0570. The number of fused-ring (bicyclic) bond motifs is 6. The number of anilines is 6. The van der Waals surface area contributed by atoms with E-state index in [1.807, 2.05) is 35.9 Å². The zero-order chi connectivity index (χ0) is 65.3. The Morgan fingerprint density at radius 3 is 1.35 bits per heavy atom. The molecule has 91 heavy (non-hydrogen) atoms. The highest BCUT2D eigenvalue weighted by molar-refractivity contribution is 6.04. The second kappa shape index (κ2) is 31.9. The number of amides is 5. The van der Waals surface area contributed by atoms with Gasteiger partial charge in [-0.05, 0) is 143 Å². The number of benzene rings is 4. The first-order valence-electron chi connectivity index (χ1n) is 30.0. The van der Waals surface area contributed by atoms with Crippen molar-refractivity contribution >= 4 is 69.9 Å². The highest BCUT2D eigenvalue weighted by atomic mass is 19.2. The van der Waals surface area contributed by atoms with Crippen molar-refractivity contribution in [3.8, 4) is 0 Å². The molecular weight excluding hydrogens is 1190 g/mol. The van der Waals surface area contributed by atoms with Gasteiger partial charge in [-0.15, -0.1) is 0 Å². The molecular formula is C64H73F6N13O8. The second-order valence-corrected chi connectivity index (χ2v) is 21.7. The number of hydrogen-bond donors (Lipinski definition) is 8. The van der Waals surface area contributed by atoms with E-state index < -0.39 is 35.1 Å². The minimum atomic E-state index is -1.27. The lowest BCUT2D eigenvalue weighted by Gasteiger charge is -2.36. The number of pyridine rings is 2. The molecule has 8 N–H and O–H groups in total. The van der Waals surface area contributed by atoms with Gasteiger partial charge in [0.25, 0.3) is 17.7 Å². The molecule has 27 heteroatoms. The Bertz CT molecular complexity index is 3590. The molecule has 6 aliphatic rings. The predicted molar refractivity (Wildman–Crippen MR) is 331 cm³/mol. The molecule has 4 aromatic carbocycles. The van der Waals surface area contributed by atoms with Crippen LogP contribution in [0.15, 0.2) is 97.3 Å². The third-order valence-electron chi connectivity index (χ3n) is 15.6. The van der Waals surface area contributed by atoms with E-state index in [1.54, 1.807) is 43.5 Å². The number of aliphatic hydroxyl groups excluding tert-OH is 1. The second-order valence-electron chi connectivity index (χ2n) is 21.7. The van der Waals surface area contributed by atoms with E-state index in [9.17, 15) is 55.1 Å². The zero-order valence-electron chi connectivity index (χ0n) is 50.6. The van der Waals surface area contributed by atoms with Gasteiger partial charge in [-0.2, -0.15) is 0 Å². The molecule has 2 aromatic heterocycles. The van der Waals surface area contributed by atoms with Crippen molar-refractivity contribution in [2.24, 2.45) is 0 Å². The number of carbonyl (C=O) groups excluding carboxylic acids is 5. The molecule has 6 aliphatic heterocycles. The molecule has 8 heterocycles. The van der Waals surface area contributed by atoms with Crippen LogP contribution in [-0.2, 0) is 22.7 Å². The highest BCUT2D eigenvalue weighted by Gasteiger charge is 2.39. The van der Waals surface area contributed by atoms with Crippen LogP contribution in [0.1, 0.15) is 99.0 Å². The van der Waals surface area contributed by atoms with Crippen molar-refractivity contribution in [2.45, 2.75) is 71.7 Å². The largest absolute Gasteiger partial charge is 0.478 e. The van der Waals surface area contributed by atoms with Crippen LogP contribution >= 0.6 is 0 Å². The van der Waals surface area contributed by atoms with Gasteiger partial charge in [0.1, 0.15) is 23.7 Å². The molecule has 0 unspecified atom stereocenters. The molecule has 4 fully saturated rings. The number of hydrogen-bond acceptors (Lipinski definition) is 15. The molecule has 0 radical (unpaired) electrons. The standard InChI is InChI=1S/C24H29FN6O2.C13H18FN3O.C11H13N3O2.C9H9F2NO.C7H4F2O2/c1-2-26-23(32)17-5-6-20(18(25)13-17)30-10-8-29(9-11-30)15-16-12-19-22(27-14-16)31-7-3-4-21(31)24(33)28-19;1-2-16-13(18)10-3-4-12(11(14)9-10)17-7-5-15-6-8-17;15-6-7-4-8-10(12-5-7)14-3-1-2-9(14)11(16)13-8;1-2-12-9(13)6-3-4-7(10)8(11)5-6;8-5-2-1-4(7(10)11)3-6(5)9/h5-6,12-14,21H,2-4,7-11,15H2,1H3,(H,26,32)(H,28,33);3-4,9,15H,2,5-8H2,1H3,(H,16,18);4-5,9,15H,1-3,6H2,(H,13,16);3-5H,2H2,1H3,(H,12,13);1-3H,(H,10,11)/t21-;;9-;;/m0.0../s1. The Balaban J connectivity index is 0.000000157. The first-order chi connectivity index (χ1) is 43.8. The van der Waals surface area contributed by atoms with Crippen molar-refractivity contribution in [1.82, 2.24) is 36.1 Å². The SMILES string of the molecule is CCNC(=O)c1ccc(F)c(F)c1.CCNC(=O)c1ccc(N2CCN(Cc3cnc4c(c3)NC(=O)[C@@H]3CCCN43)CC2)c(F)c1.CCNC(=O)c1ccc(N2CCNCC2)c(F)c1.O=C(O)c1ccc(F)c(F)c1.O=C1Nc2cc(CO)cnc2N2CCC[C@@H]12. The van der Waals surface area contributed by atoms with Crippen LogP contribution in [0.25, 0.3) is 0 Å². The first-order valence-corrected chi connectivity index (χ1v) is 30.0. The van der Waals surface area contributed by atoms with E-state index in [4.69, 9.17) is 10.2 Å². The number of rotatable bonds is 12. The number of aromatic nitrogens is 2. The highest BCUT2D eigenvalue weighted by Crippen LogP contribution is 2.37. The van der Waals surface area contributed by atoms with Crippen LogP contribution in [0.5, 0.6) is 0 Å². The number of piperazine rings is 2. The summed E-state index contributed by atoms with van der Waals surface area (Å²) in [6, 6.07) is 18.5. The lowest BCUT2D eigenvalue weighted by Crippen LogP contribution is -2.46. The molecule has 6 aromatic rings. The summed E-state index contributed by atoms with van der Waals surface area (Å²) in [6.45, 7) is 15.6. The van der Waals surface area contributed by atoms with E-state index >= 15 is 0 Å². The lowest BCUT2D eigenvalue weighted by atomic mass is 10.1. The van der Waals surface area contributed by atoms with Crippen molar-refractivity contribution < 1.29 is 65.3 Å². The minimum absolute atomic E-state index is 0.0434. The van der Waals surface area contributed by atoms with Gasteiger partial charge in [0.05, 0.1) is 34.9 Å². The van der Waals surface area contributed by atoms with Crippen molar-refractivity contribution in [2.75, 3.05) is 115 Å². The van der Waals surface area contributed by atoms with Crippen molar-refractivity contribution in [3.63, 3.8) is 0 Å². The van der Waals surface area contributed by atoms with Gasteiger partial charge in [-0.1, -0.05) is 0 Å². The summed E-state index contributed by atoms with van der Waals surface area (Å²) in [6.07, 6.45) is 7.38. The maximum atomic E-state index is 14.7. The fourth-order valence-electron chi connectivity index (χ4n) is 11.0. The summed E-state index contributed by atoms with van der Waals surface area (Å²) in [5, 5.41) is 34.3. The Hall–Kier alpha value is -9.34. The number of nitrogens with zero attached hydrogens (tertiary/aromatic N) is 7. The molecule has 0 saturated carbocycles. The number of carbonyl (C=O) groups is 6. The topological polar surface area (TPSA) is 257 Å². The summed E-state index contributed by atoms with van der Waals surface area (Å²) in [4.78, 5) is 88.4. The Kier molecular flexibility index (Phi) is 23.7.